The Hall–Kier alpha value is -6.66. The van der Waals surface area contributed by atoms with Crippen LogP contribution in [0.2, 0.25) is 0 Å². The van der Waals surface area contributed by atoms with E-state index in [1.54, 1.807) is 26.4 Å². The first kappa shape index (κ1) is 31.9. The number of pyridine rings is 2. The molecule has 6 nitrogen and oxygen atoms in total. The molecule has 244 valence electrons. The van der Waals surface area contributed by atoms with Crippen LogP contribution in [0, 0.1) is 0 Å². The molecule has 0 spiro atoms. The van der Waals surface area contributed by atoms with Crippen LogP contribution in [0.5, 0.6) is 23.0 Å². The molecule has 0 bridgehead atoms. The quantitative estimate of drug-likeness (QED) is 0.186. The van der Waals surface area contributed by atoms with Crippen molar-refractivity contribution in [2.75, 3.05) is 14.2 Å². The van der Waals surface area contributed by atoms with Crippen molar-refractivity contribution in [2.45, 2.75) is 0 Å². The van der Waals surface area contributed by atoms with E-state index in [9.17, 15) is 10.2 Å². The zero-order valence-electron chi connectivity index (χ0n) is 27.6. The first-order valence-corrected chi connectivity index (χ1v) is 16.2. The van der Waals surface area contributed by atoms with E-state index in [0.29, 0.717) is 11.0 Å². The van der Waals surface area contributed by atoms with Gasteiger partial charge in [0, 0.05) is 21.9 Å². The summed E-state index contributed by atoms with van der Waals surface area (Å²) in [6, 6.07) is 51.0. The molecule has 0 aliphatic carbocycles. The van der Waals surface area contributed by atoms with E-state index in [4.69, 9.17) is 19.4 Å². The molecule has 8 aromatic rings. The maximum Gasteiger partial charge on any atom is 0.141 e. The third-order valence-electron chi connectivity index (χ3n) is 8.58. The normalized spacial score (nSPS) is 10.8. The fourth-order valence-corrected chi connectivity index (χ4v) is 6.00. The molecule has 6 aromatic carbocycles. The zero-order chi connectivity index (χ0) is 34.5. The minimum Gasteiger partial charge on any atom is -0.506 e. The number of rotatable bonds is 6. The molecule has 0 aliphatic heterocycles. The summed E-state index contributed by atoms with van der Waals surface area (Å²) in [7, 11) is 3.30. The van der Waals surface area contributed by atoms with Gasteiger partial charge in [0.15, 0.2) is 0 Å². The lowest BCUT2D eigenvalue weighted by molar-refractivity contribution is 0.415. The first-order chi connectivity index (χ1) is 24.5. The summed E-state index contributed by atoms with van der Waals surface area (Å²) in [5.41, 5.74) is 9.08. The van der Waals surface area contributed by atoms with Gasteiger partial charge in [-0.25, -0.2) is 9.97 Å². The molecule has 0 radical (unpaired) electrons. The van der Waals surface area contributed by atoms with Crippen molar-refractivity contribution in [1.82, 2.24) is 9.97 Å². The summed E-state index contributed by atoms with van der Waals surface area (Å²) in [5, 5.41) is 22.5. The van der Waals surface area contributed by atoms with Gasteiger partial charge in [-0.1, -0.05) is 84.9 Å². The molecule has 8 rings (SSSR count). The number of phenolic OH excluding ortho intramolecular Hbond substituents is 2. The second-order valence-corrected chi connectivity index (χ2v) is 11.6. The van der Waals surface area contributed by atoms with E-state index in [1.807, 2.05) is 109 Å². The predicted molar refractivity (Wildman–Crippen MR) is 202 cm³/mol. The van der Waals surface area contributed by atoms with Gasteiger partial charge in [0.2, 0.25) is 0 Å². The third kappa shape index (κ3) is 6.55. The molecule has 2 heterocycles. The molecular weight excluding hydrogens is 620 g/mol. The number of para-hydroxylation sites is 2. The lowest BCUT2D eigenvalue weighted by Crippen LogP contribution is -1.91. The molecule has 0 saturated heterocycles. The number of hydrogen-bond donors (Lipinski definition) is 2. The van der Waals surface area contributed by atoms with Gasteiger partial charge in [-0.2, -0.15) is 0 Å². The van der Waals surface area contributed by atoms with Crippen molar-refractivity contribution in [3.05, 3.63) is 158 Å². The van der Waals surface area contributed by atoms with Crippen molar-refractivity contribution in [3.63, 3.8) is 0 Å². The van der Waals surface area contributed by atoms with Gasteiger partial charge >= 0.3 is 0 Å². The van der Waals surface area contributed by atoms with E-state index in [1.165, 1.54) is 0 Å². The standard InChI is InChI=1S/2C22H17NO2/c2*1-25-17-12-10-16(11-13-17)20-14-19(15-6-3-2-4-7-15)18-8-5-9-21(24)22(18)23-20/h2*2-14,24H,1H3. The van der Waals surface area contributed by atoms with Gasteiger partial charge in [0.05, 0.1) is 25.6 Å². The van der Waals surface area contributed by atoms with Crippen molar-refractivity contribution in [1.29, 1.82) is 0 Å². The second-order valence-electron chi connectivity index (χ2n) is 11.6. The number of aromatic hydroxyl groups is 2. The van der Waals surface area contributed by atoms with Crippen LogP contribution in [0.4, 0.5) is 0 Å². The molecule has 0 aliphatic rings. The number of phenols is 2. The van der Waals surface area contributed by atoms with Crippen LogP contribution in [0.25, 0.3) is 66.6 Å². The van der Waals surface area contributed by atoms with Crippen LogP contribution in [0.3, 0.4) is 0 Å². The van der Waals surface area contributed by atoms with E-state index < -0.39 is 0 Å². The summed E-state index contributed by atoms with van der Waals surface area (Å²) in [6.45, 7) is 0. The number of aromatic nitrogens is 2. The SMILES string of the molecule is COc1ccc(-c2cc(-c3ccccc3)c3cccc(O)c3n2)cc1.COc1ccc(-c2cc(-c3ccccc3)c3cccc(O)c3n2)cc1. The van der Waals surface area contributed by atoms with Crippen LogP contribution in [0.1, 0.15) is 0 Å². The van der Waals surface area contributed by atoms with Crippen LogP contribution in [-0.4, -0.2) is 34.4 Å². The second kappa shape index (κ2) is 14.2. The fraction of sp³-hybridized carbons (Fsp3) is 0.0455. The predicted octanol–water partition coefficient (Wildman–Crippen LogP) is 10.6. The highest BCUT2D eigenvalue weighted by atomic mass is 16.5. The minimum absolute atomic E-state index is 0.185. The Morgan fingerprint density at radius 3 is 1.14 bits per heavy atom. The lowest BCUT2D eigenvalue weighted by Gasteiger charge is -2.11. The van der Waals surface area contributed by atoms with Crippen LogP contribution >= 0.6 is 0 Å². The van der Waals surface area contributed by atoms with Crippen LogP contribution in [-0.2, 0) is 0 Å². The third-order valence-corrected chi connectivity index (χ3v) is 8.58. The van der Waals surface area contributed by atoms with Gasteiger partial charge in [-0.15, -0.1) is 0 Å². The van der Waals surface area contributed by atoms with Crippen molar-refractivity contribution >= 4 is 21.8 Å². The lowest BCUT2D eigenvalue weighted by atomic mass is 9.98. The molecule has 50 heavy (non-hydrogen) atoms. The average Bonchev–Trinajstić information content (AvgIpc) is 3.18. The van der Waals surface area contributed by atoms with Gasteiger partial charge in [0.25, 0.3) is 0 Å². The Morgan fingerprint density at radius 2 is 0.780 bits per heavy atom. The average molecular weight is 655 g/mol. The summed E-state index contributed by atoms with van der Waals surface area (Å²) >= 11 is 0. The Bertz CT molecular complexity index is 2220. The van der Waals surface area contributed by atoms with Crippen molar-refractivity contribution in [3.8, 4) is 67.8 Å². The number of ether oxygens (including phenoxy) is 2. The zero-order valence-corrected chi connectivity index (χ0v) is 27.6. The van der Waals surface area contributed by atoms with Gasteiger partial charge < -0.3 is 19.7 Å². The van der Waals surface area contributed by atoms with Gasteiger partial charge in [-0.05, 0) is 95.1 Å². The molecule has 0 amide bonds. The topological polar surface area (TPSA) is 84.7 Å². The van der Waals surface area contributed by atoms with Crippen LogP contribution in [0.15, 0.2) is 158 Å². The van der Waals surface area contributed by atoms with Crippen LogP contribution < -0.4 is 9.47 Å². The highest BCUT2D eigenvalue weighted by molar-refractivity contribution is 6.00. The van der Waals surface area contributed by atoms with E-state index in [-0.39, 0.29) is 11.5 Å². The number of methoxy groups -OCH3 is 2. The maximum absolute atomic E-state index is 10.3. The monoisotopic (exact) mass is 654 g/mol. The van der Waals surface area contributed by atoms with E-state index in [0.717, 1.165) is 67.0 Å². The van der Waals surface area contributed by atoms with Gasteiger partial charge in [-0.3, -0.25) is 0 Å². The Balaban J connectivity index is 0.000000157. The van der Waals surface area contributed by atoms with Crippen molar-refractivity contribution < 1.29 is 19.7 Å². The highest BCUT2D eigenvalue weighted by Gasteiger charge is 2.13. The Labute approximate surface area is 290 Å². The Morgan fingerprint density at radius 1 is 0.400 bits per heavy atom. The number of fused-ring (bicyclic) bond motifs is 2. The largest absolute Gasteiger partial charge is 0.506 e. The summed E-state index contributed by atoms with van der Waals surface area (Å²) in [5.74, 6) is 1.97. The molecule has 6 heteroatoms. The number of hydrogen-bond acceptors (Lipinski definition) is 6. The fourth-order valence-electron chi connectivity index (χ4n) is 6.00. The first-order valence-electron chi connectivity index (χ1n) is 16.2. The molecular formula is C44H34N2O4. The van der Waals surface area contributed by atoms with E-state index >= 15 is 0 Å². The van der Waals surface area contributed by atoms with Crippen molar-refractivity contribution in [2.24, 2.45) is 0 Å². The summed E-state index contributed by atoms with van der Waals surface area (Å²) in [6.07, 6.45) is 0. The minimum atomic E-state index is 0.185. The number of nitrogens with zero attached hydrogens (tertiary/aromatic N) is 2. The molecule has 0 unspecified atom stereocenters. The smallest absolute Gasteiger partial charge is 0.141 e. The maximum atomic E-state index is 10.3. The van der Waals surface area contributed by atoms with E-state index in [2.05, 4.69) is 36.4 Å². The highest BCUT2D eigenvalue weighted by Crippen LogP contribution is 2.37. The molecule has 0 fully saturated rings. The molecule has 2 aromatic heterocycles. The number of benzene rings is 6. The molecule has 0 saturated carbocycles. The summed E-state index contributed by atoms with van der Waals surface area (Å²) < 4.78 is 10.5. The molecule has 0 atom stereocenters. The molecule has 2 N–H and O–H groups in total. The summed E-state index contributed by atoms with van der Waals surface area (Å²) in [4.78, 5) is 9.39. The Kier molecular flexibility index (Phi) is 9.08. The van der Waals surface area contributed by atoms with Gasteiger partial charge in [0.1, 0.15) is 34.0 Å².